The number of nitrogens with zero attached hydrogens (tertiary/aromatic N) is 1. The van der Waals surface area contributed by atoms with Gasteiger partial charge in [0.25, 0.3) is 0 Å². The standard InChI is InChI=1S/C18H26FNO2Si/c1-8-15-14(11-20)9-10-16(17(15)19)21-12-13(2)22-23(6,7)18(3,4)5/h8-10,13H,1,12H2,2-7H3/t13-/m0/s1. The summed E-state index contributed by atoms with van der Waals surface area (Å²) in [6.07, 6.45) is 1.19. The zero-order chi connectivity index (χ0) is 17.8. The molecular formula is C18H26FNO2Si. The van der Waals surface area contributed by atoms with Crippen LogP contribution in [0.1, 0.15) is 38.8 Å². The van der Waals surface area contributed by atoms with E-state index in [1.165, 1.54) is 18.2 Å². The third-order valence-corrected chi connectivity index (χ3v) is 8.85. The van der Waals surface area contributed by atoms with Crippen molar-refractivity contribution >= 4 is 14.4 Å². The molecule has 126 valence electrons. The van der Waals surface area contributed by atoms with Crippen molar-refractivity contribution < 1.29 is 13.6 Å². The summed E-state index contributed by atoms with van der Waals surface area (Å²) < 4.78 is 26.1. The molecule has 0 N–H and O–H groups in total. The number of benzene rings is 1. The fourth-order valence-corrected chi connectivity index (χ4v) is 3.33. The highest BCUT2D eigenvalue weighted by atomic mass is 28.4. The van der Waals surface area contributed by atoms with Crippen LogP contribution in [0.25, 0.3) is 6.08 Å². The van der Waals surface area contributed by atoms with Crippen LogP contribution in [0.15, 0.2) is 18.7 Å². The molecule has 0 aliphatic rings. The van der Waals surface area contributed by atoms with Gasteiger partial charge in [0, 0.05) is 5.56 Å². The van der Waals surface area contributed by atoms with E-state index in [2.05, 4.69) is 40.4 Å². The topological polar surface area (TPSA) is 42.2 Å². The van der Waals surface area contributed by atoms with E-state index in [0.29, 0.717) is 0 Å². The van der Waals surface area contributed by atoms with Crippen LogP contribution in [0, 0.1) is 17.1 Å². The Morgan fingerprint density at radius 3 is 2.48 bits per heavy atom. The van der Waals surface area contributed by atoms with Crippen LogP contribution in [0.3, 0.4) is 0 Å². The summed E-state index contributed by atoms with van der Waals surface area (Å²) in [5.41, 5.74) is 0.415. The van der Waals surface area contributed by atoms with E-state index in [1.807, 2.05) is 13.0 Å². The van der Waals surface area contributed by atoms with Crippen molar-refractivity contribution in [2.24, 2.45) is 0 Å². The average Bonchev–Trinajstić information content (AvgIpc) is 2.43. The summed E-state index contributed by atoms with van der Waals surface area (Å²) in [5, 5.41) is 9.07. The van der Waals surface area contributed by atoms with Gasteiger partial charge in [0.1, 0.15) is 6.61 Å². The van der Waals surface area contributed by atoms with E-state index in [4.69, 9.17) is 14.4 Å². The zero-order valence-electron chi connectivity index (χ0n) is 14.9. The second-order valence-electron chi connectivity index (χ2n) is 7.15. The Kier molecular flexibility index (Phi) is 6.15. The summed E-state index contributed by atoms with van der Waals surface area (Å²) in [7, 11) is -1.89. The molecule has 5 heteroatoms. The van der Waals surface area contributed by atoms with Crippen molar-refractivity contribution in [3.8, 4) is 11.8 Å². The van der Waals surface area contributed by atoms with Gasteiger partial charge >= 0.3 is 0 Å². The van der Waals surface area contributed by atoms with Gasteiger partial charge in [-0.1, -0.05) is 33.4 Å². The van der Waals surface area contributed by atoms with Crippen molar-refractivity contribution in [1.82, 2.24) is 0 Å². The molecule has 0 aliphatic carbocycles. The van der Waals surface area contributed by atoms with Gasteiger partial charge in [0.15, 0.2) is 19.9 Å². The highest BCUT2D eigenvalue weighted by Crippen LogP contribution is 2.37. The molecular weight excluding hydrogens is 309 g/mol. The summed E-state index contributed by atoms with van der Waals surface area (Å²) >= 11 is 0. The van der Waals surface area contributed by atoms with Gasteiger partial charge in [-0.15, -0.1) is 0 Å². The molecule has 1 aromatic rings. The van der Waals surface area contributed by atoms with Crippen LogP contribution in [-0.2, 0) is 4.43 Å². The molecule has 1 atom stereocenters. The quantitative estimate of drug-likeness (QED) is 0.677. The fourth-order valence-electron chi connectivity index (χ4n) is 1.90. The third kappa shape index (κ3) is 4.66. The van der Waals surface area contributed by atoms with Crippen molar-refractivity contribution in [2.75, 3.05) is 6.61 Å². The third-order valence-electron chi connectivity index (χ3n) is 4.24. The highest BCUT2D eigenvalue weighted by molar-refractivity contribution is 6.74. The fraction of sp³-hybridized carbons (Fsp3) is 0.500. The number of hydrogen-bond acceptors (Lipinski definition) is 3. The van der Waals surface area contributed by atoms with Crippen LogP contribution in [-0.4, -0.2) is 21.0 Å². The van der Waals surface area contributed by atoms with Crippen LogP contribution < -0.4 is 4.74 Å². The number of nitriles is 1. The maximum atomic E-state index is 14.3. The normalized spacial score (nSPS) is 13.3. The van der Waals surface area contributed by atoms with E-state index in [-0.39, 0.29) is 34.6 Å². The Balaban J connectivity index is 2.80. The van der Waals surface area contributed by atoms with E-state index < -0.39 is 14.1 Å². The number of rotatable bonds is 6. The van der Waals surface area contributed by atoms with E-state index in [1.54, 1.807) is 0 Å². The molecule has 0 amide bonds. The van der Waals surface area contributed by atoms with Gasteiger partial charge in [0.2, 0.25) is 0 Å². The van der Waals surface area contributed by atoms with Crippen molar-refractivity contribution in [3.05, 3.63) is 35.7 Å². The minimum Gasteiger partial charge on any atom is -0.488 e. The molecule has 0 saturated carbocycles. The smallest absolute Gasteiger partial charge is 0.192 e. The predicted molar refractivity (Wildman–Crippen MR) is 94.4 cm³/mol. The molecule has 0 fully saturated rings. The van der Waals surface area contributed by atoms with Gasteiger partial charge in [0.05, 0.1) is 17.7 Å². The maximum absolute atomic E-state index is 14.3. The average molecular weight is 335 g/mol. The Labute approximate surface area is 139 Å². The minimum atomic E-state index is -1.89. The second kappa shape index (κ2) is 7.29. The number of ether oxygens (including phenoxy) is 1. The zero-order valence-corrected chi connectivity index (χ0v) is 15.9. The molecule has 0 spiro atoms. The summed E-state index contributed by atoms with van der Waals surface area (Å²) in [5.74, 6) is -0.442. The lowest BCUT2D eigenvalue weighted by atomic mass is 10.1. The van der Waals surface area contributed by atoms with Crippen LogP contribution in [0.2, 0.25) is 18.1 Å². The maximum Gasteiger partial charge on any atom is 0.192 e. The summed E-state index contributed by atoms with van der Waals surface area (Å²) in [6, 6.07) is 4.95. The second-order valence-corrected chi connectivity index (χ2v) is 11.9. The first-order valence-corrected chi connectivity index (χ1v) is 10.6. The Bertz CT molecular complexity index is 615. The molecule has 0 saturated heterocycles. The van der Waals surface area contributed by atoms with Gasteiger partial charge < -0.3 is 9.16 Å². The van der Waals surface area contributed by atoms with E-state index in [9.17, 15) is 4.39 Å². The molecule has 0 bridgehead atoms. The van der Waals surface area contributed by atoms with Crippen molar-refractivity contribution in [3.63, 3.8) is 0 Å². The molecule has 3 nitrogen and oxygen atoms in total. The van der Waals surface area contributed by atoms with E-state index in [0.717, 1.165) is 0 Å². The first-order chi connectivity index (χ1) is 10.5. The Morgan fingerprint density at radius 1 is 1.39 bits per heavy atom. The van der Waals surface area contributed by atoms with E-state index >= 15 is 0 Å². The van der Waals surface area contributed by atoms with Crippen LogP contribution >= 0.6 is 0 Å². The number of halogens is 1. The van der Waals surface area contributed by atoms with Crippen molar-refractivity contribution in [2.45, 2.75) is 51.9 Å². The van der Waals surface area contributed by atoms with Crippen LogP contribution in [0.5, 0.6) is 5.75 Å². The van der Waals surface area contributed by atoms with Gasteiger partial charge in [-0.05, 0) is 37.2 Å². The molecule has 23 heavy (non-hydrogen) atoms. The van der Waals surface area contributed by atoms with Crippen molar-refractivity contribution in [1.29, 1.82) is 5.26 Å². The summed E-state index contributed by atoms with van der Waals surface area (Å²) in [4.78, 5) is 0. The SMILES string of the molecule is C=Cc1c(C#N)ccc(OC[C@H](C)O[Si](C)(C)C(C)(C)C)c1F. The molecule has 1 rings (SSSR count). The first-order valence-electron chi connectivity index (χ1n) is 7.69. The lowest BCUT2D eigenvalue weighted by Gasteiger charge is -2.38. The molecule has 0 aromatic heterocycles. The first kappa shape index (κ1) is 19.4. The largest absolute Gasteiger partial charge is 0.488 e. The van der Waals surface area contributed by atoms with Crippen LogP contribution in [0.4, 0.5) is 4.39 Å². The predicted octanol–water partition coefficient (Wildman–Crippen LogP) is 5.13. The lowest BCUT2D eigenvalue weighted by Crippen LogP contribution is -2.44. The van der Waals surface area contributed by atoms with Gasteiger partial charge in [-0.3, -0.25) is 0 Å². The molecule has 0 unspecified atom stereocenters. The van der Waals surface area contributed by atoms with Gasteiger partial charge in [-0.25, -0.2) is 4.39 Å². The molecule has 1 aromatic carbocycles. The highest BCUT2D eigenvalue weighted by Gasteiger charge is 2.38. The van der Waals surface area contributed by atoms with Gasteiger partial charge in [-0.2, -0.15) is 5.26 Å². The molecule has 0 aliphatic heterocycles. The number of hydrogen-bond donors (Lipinski definition) is 0. The molecule has 0 heterocycles. The summed E-state index contributed by atoms with van der Waals surface area (Å²) in [6.45, 7) is 16.6. The Morgan fingerprint density at radius 2 is 2.00 bits per heavy atom. The lowest BCUT2D eigenvalue weighted by molar-refractivity contribution is 0.126. The monoisotopic (exact) mass is 335 g/mol. The molecule has 0 radical (unpaired) electrons. The minimum absolute atomic E-state index is 0.108. The Hall–Kier alpha value is -1.64.